The molecule has 1 rings (SSSR count). The van der Waals surface area contributed by atoms with Crippen LogP contribution < -0.4 is 4.74 Å². The molecule has 0 aliphatic carbocycles. The monoisotopic (exact) mass is 284 g/mol. The van der Waals surface area contributed by atoms with Gasteiger partial charge in [-0.3, -0.25) is 0 Å². The number of rotatable bonds is 5. The lowest BCUT2D eigenvalue weighted by molar-refractivity contribution is -0.186. The SMILES string of the molecule is CC(O)c1ccc(OCOCC(F)(F)F)c(Cl)c1. The van der Waals surface area contributed by atoms with Crippen LogP contribution in [-0.2, 0) is 4.74 Å². The molecule has 0 spiro atoms. The Morgan fingerprint density at radius 2 is 2.06 bits per heavy atom. The van der Waals surface area contributed by atoms with Gasteiger partial charge in [0.25, 0.3) is 0 Å². The summed E-state index contributed by atoms with van der Waals surface area (Å²) in [6.07, 6.45) is -5.07. The van der Waals surface area contributed by atoms with Crippen molar-refractivity contribution in [1.29, 1.82) is 0 Å². The number of aliphatic hydroxyl groups is 1. The van der Waals surface area contributed by atoms with Gasteiger partial charge in [-0.25, -0.2) is 0 Å². The lowest BCUT2D eigenvalue weighted by atomic mass is 10.1. The Morgan fingerprint density at radius 3 is 2.56 bits per heavy atom. The van der Waals surface area contributed by atoms with Gasteiger partial charge in [0.15, 0.2) is 6.79 Å². The van der Waals surface area contributed by atoms with E-state index in [1.165, 1.54) is 12.1 Å². The molecule has 3 nitrogen and oxygen atoms in total. The standard InChI is InChI=1S/C11H12ClF3O3/c1-7(16)8-2-3-10(9(12)4-8)18-6-17-5-11(13,14)15/h2-4,7,16H,5-6H2,1H3. The zero-order chi connectivity index (χ0) is 13.8. The van der Waals surface area contributed by atoms with E-state index in [-0.39, 0.29) is 10.8 Å². The highest BCUT2D eigenvalue weighted by molar-refractivity contribution is 6.32. The number of alkyl halides is 3. The maximum absolute atomic E-state index is 11.8. The molecular weight excluding hydrogens is 273 g/mol. The van der Waals surface area contributed by atoms with E-state index in [9.17, 15) is 18.3 Å². The molecule has 0 amide bonds. The van der Waals surface area contributed by atoms with E-state index in [2.05, 4.69) is 4.74 Å². The van der Waals surface area contributed by atoms with Crippen molar-refractivity contribution in [1.82, 2.24) is 0 Å². The first-order chi connectivity index (χ1) is 8.29. The number of hydrogen-bond donors (Lipinski definition) is 1. The molecule has 1 N–H and O–H groups in total. The highest BCUT2D eigenvalue weighted by Gasteiger charge is 2.27. The van der Waals surface area contributed by atoms with Crippen molar-refractivity contribution in [3.8, 4) is 5.75 Å². The highest BCUT2D eigenvalue weighted by atomic mass is 35.5. The molecule has 0 heterocycles. The van der Waals surface area contributed by atoms with E-state index in [4.69, 9.17) is 16.3 Å². The van der Waals surface area contributed by atoms with Gasteiger partial charge in [0.05, 0.1) is 11.1 Å². The fourth-order valence-electron chi connectivity index (χ4n) is 1.16. The van der Waals surface area contributed by atoms with Crippen molar-refractivity contribution < 1.29 is 27.8 Å². The van der Waals surface area contributed by atoms with Crippen molar-refractivity contribution in [3.05, 3.63) is 28.8 Å². The Kier molecular flexibility index (Phi) is 5.25. The minimum atomic E-state index is -4.39. The quantitative estimate of drug-likeness (QED) is 0.666. The second kappa shape index (κ2) is 6.26. The van der Waals surface area contributed by atoms with Gasteiger partial charge >= 0.3 is 6.18 Å². The molecule has 0 aromatic heterocycles. The van der Waals surface area contributed by atoms with Crippen LogP contribution in [0, 0.1) is 0 Å². The lowest BCUT2D eigenvalue weighted by Crippen LogP contribution is -2.19. The fourth-order valence-corrected chi connectivity index (χ4v) is 1.40. The summed E-state index contributed by atoms with van der Waals surface area (Å²) >= 11 is 5.83. The Hall–Kier alpha value is -0.980. The van der Waals surface area contributed by atoms with E-state index in [1.54, 1.807) is 13.0 Å². The van der Waals surface area contributed by atoms with E-state index >= 15 is 0 Å². The predicted molar refractivity (Wildman–Crippen MR) is 59.6 cm³/mol. The Balaban J connectivity index is 2.48. The Morgan fingerprint density at radius 1 is 1.39 bits per heavy atom. The van der Waals surface area contributed by atoms with Gasteiger partial charge in [0.1, 0.15) is 12.4 Å². The van der Waals surface area contributed by atoms with Gasteiger partial charge in [-0.15, -0.1) is 0 Å². The minimum absolute atomic E-state index is 0.197. The maximum atomic E-state index is 11.8. The third-order valence-electron chi connectivity index (χ3n) is 2.00. The van der Waals surface area contributed by atoms with Crippen LogP contribution in [0.15, 0.2) is 18.2 Å². The predicted octanol–water partition coefficient (Wildman–Crippen LogP) is 3.31. The van der Waals surface area contributed by atoms with Crippen LogP contribution in [0.1, 0.15) is 18.6 Å². The van der Waals surface area contributed by atoms with Crippen LogP contribution in [0.25, 0.3) is 0 Å². The van der Waals surface area contributed by atoms with E-state index in [0.717, 1.165) is 0 Å². The largest absolute Gasteiger partial charge is 0.466 e. The van der Waals surface area contributed by atoms with E-state index < -0.39 is 25.7 Å². The van der Waals surface area contributed by atoms with Crippen molar-refractivity contribution >= 4 is 11.6 Å². The average Bonchev–Trinajstić information content (AvgIpc) is 2.24. The third-order valence-corrected chi connectivity index (χ3v) is 2.30. The number of halogens is 4. The lowest BCUT2D eigenvalue weighted by Gasteiger charge is -2.12. The van der Waals surface area contributed by atoms with Crippen LogP contribution >= 0.6 is 11.6 Å². The van der Waals surface area contributed by atoms with Crippen molar-refractivity contribution in [3.63, 3.8) is 0 Å². The van der Waals surface area contributed by atoms with Crippen molar-refractivity contribution in [2.24, 2.45) is 0 Å². The van der Waals surface area contributed by atoms with Crippen molar-refractivity contribution in [2.45, 2.75) is 19.2 Å². The van der Waals surface area contributed by atoms with Crippen LogP contribution in [0.2, 0.25) is 5.02 Å². The molecule has 1 aromatic carbocycles. The van der Waals surface area contributed by atoms with Gasteiger partial charge in [-0.2, -0.15) is 13.2 Å². The fraction of sp³-hybridized carbons (Fsp3) is 0.455. The first kappa shape index (κ1) is 15.1. The normalized spacial score (nSPS) is 13.4. The Bertz CT molecular complexity index is 394. The van der Waals surface area contributed by atoms with Crippen LogP contribution in [-0.4, -0.2) is 24.7 Å². The smallest absolute Gasteiger partial charge is 0.411 e. The molecule has 0 saturated carbocycles. The summed E-state index contributed by atoms with van der Waals surface area (Å²) < 4.78 is 44.5. The maximum Gasteiger partial charge on any atom is 0.411 e. The number of benzene rings is 1. The molecule has 7 heteroatoms. The zero-order valence-corrected chi connectivity index (χ0v) is 10.3. The molecule has 0 saturated heterocycles. The average molecular weight is 285 g/mol. The summed E-state index contributed by atoms with van der Waals surface area (Å²) in [4.78, 5) is 0. The molecule has 1 unspecified atom stereocenters. The second-order valence-electron chi connectivity index (χ2n) is 3.59. The summed E-state index contributed by atoms with van der Waals surface area (Å²) in [5, 5.41) is 9.49. The molecular formula is C11H12ClF3O3. The first-order valence-corrected chi connectivity index (χ1v) is 5.42. The number of ether oxygens (including phenoxy) is 2. The van der Waals surface area contributed by atoms with Gasteiger partial charge in [-0.1, -0.05) is 17.7 Å². The highest BCUT2D eigenvalue weighted by Crippen LogP contribution is 2.28. The molecule has 1 aromatic rings. The molecule has 18 heavy (non-hydrogen) atoms. The van der Waals surface area contributed by atoms with Crippen LogP contribution in [0.5, 0.6) is 5.75 Å². The summed E-state index contributed by atoms with van der Waals surface area (Å²) in [5.41, 5.74) is 0.587. The molecule has 0 aliphatic rings. The van der Waals surface area contributed by atoms with E-state index in [0.29, 0.717) is 5.56 Å². The molecule has 0 radical (unpaired) electrons. The van der Waals surface area contributed by atoms with Gasteiger partial charge in [0.2, 0.25) is 0 Å². The summed E-state index contributed by atoms with van der Waals surface area (Å²) in [5.74, 6) is 0.197. The molecule has 102 valence electrons. The number of hydrogen-bond acceptors (Lipinski definition) is 3. The number of aliphatic hydroxyl groups excluding tert-OH is 1. The molecule has 1 atom stereocenters. The van der Waals surface area contributed by atoms with Gasteiger partial charge in [-0.05, 0) is 24.6 Å². The molecule has 0 bridgehead atoms. The summed E-state index contributed by atoms with van der Waals surface area (Å²) in [7, 11) is 0. The topological polar surface area (TPSA) is 38.7 Å². The van der Waals surface area contributed by atoms with Gasteiger partial charge in [0, 0.05) is 0 Å². The second-order valence-corrected chi connectivity index (χ2v) is 4.00. The zero-order valence-electron chi connectivity index (χ0n) is 9.50. The molecule has 0 aliphatic heterocycles. The van der Waals surface area contributed by atoms with E-state index in [1.807, 2.05) is 0 Å². The van der Waals surface area contributed by atoms with Crippen molar-refractivity contribution in [2.75, 3.05) is 13.4 Å². The minimum Gasteiger partial charge on any atom is -0.466 e. The summed E-state index contributed by atoms with van der Waals surface area (Å²) in [6, 6.07) is 4.50. The van der Waals surface area contributed by atoms with Crippen LogP contribution in [0.3, 0.4) is 0 Å². The molecule has 0 fully saturated rings. The third kappa shape index (κ3) is 5.12. The van der Waals surface area contributed by atoms with Crippen LogP contribution in [0.4, 0.5) is 13.2 Å². The summed E-state index contributed by atoms with van der Waals surface area (Å²) in [6.45, 7) is -0.359. The first-order valence-electron chi connectivity index (χ1n) is 5.04. The Labute approximate surface area is 107 Å². The van der Waals surface area contributed by atoms with Gasteiger partial charge < -0.3 is 14.6 Å².